The van der Waals surface area contributed by atoms with Gasteiger partial charge >= 0.3 is 0 Å². The second-order valence-electron chi connectivity index (χ2n) is 6.41. The van der Waals surface area contributed by atoms with Crippen molar-refractivity contribution < 1.29 is 0 Å². The molecule has 0 saturated carbocycles. The summed E-state index contributed by atoms with van der Waals surface area (Å²) >= 11 is 0. The molecule has 1 saturated heterocycles. The molecule has 5 heteroatoms. The third-order valence-electron chi connectivity index (χ3n) is 4.44. The lowest BCUT2D eigenvalue weighted by molar-refractivity contribution is 0.169. The number of anilines is 2. The molecule has 21 heavy (non-hydrogen) atoms. The molecule has 2 atom stereocenters. The summed E-state index contributed by atoms with van der Waals surface area (Å²) in [5.74, 6) is 2.49. The molecular formula is C16H29N5. The van der Waals surface area contributed by atoms with E-state index < -0.39 is 0 Å². The van der Waals surface area contributed by atoms with E-state index in [1.165, 1.54) is 5.56 Å². The highest BCUT2D eigenvalue weighted by molar-refractivity contribution is 5.60. The topological polar surface area (TPSA) is 44.3 Å². The number of piperazine rings is 1. The minimum absolute atomic E-state index is 0.403. The second-order valence-corrected chi connectivity index (χ2v) is 6.41. The molecule has 2 heterocycles. The second kappa shape index (κ2) is 6.60. The Bertz CT molecular complexity index is 462. The normalized spacial score (nSPS) is 23.7. The minimum Gasteiger partial charge on any atom is -0.370 e. The maximum absolute atomic E-state index is 4.62. The van der Waals surface area contributed by atoms with Crippen LogP contribution in [0.4, 0.5) is 11.6 Å². The van der Waals surface area contributed by atoms with E-state index in [2.05, 4.69) is 66.8 Å². The molecule has 0 radical (unpaired) electrons. The molecule has 1 aromatic rings. The first-order valence-corrected chi connectivity index (χ1v) is 8.01. The summed E-state index contributed by atoms with van der Waals surface area (Å²) in [6.45, 7) is 14.0. The molecule has 0 spiro atoms. The summed E-state index contributed by atoms with van der Waals surface area (Å²) < 4.78 is 0. The molecule has 0 bridgehead atoms. The smallest absolute Gasteiger partial charge is 0.137 e. The molecule has 0 aromatic carbocycles. The van der Waals surface area contributed by atoms with Gasteiger partial charge in [0.05, 0.1) is 0 Å². The summed E-state index contributed by atoms with van der Waals surface area (Å²) in [6, 6.07) is 1.07. The standard InChI is InChI=1S/C16H29N5/c1-7-17-15-14(11(2)3)16(19-10-18-15)21-8-12(4)20(6)13(5)9-21/h10-13H,7-9H2,1-6H3,(H,17,18,19). The lowest BCUT2D eigenvalue weighted by Gasteiger charge is -2.43. The zero-order valence-corrected chi connectivity index (χ0v) is 14.2. The van der Waals surface area contributed by atoms with Crippen LogP contribution in [0, 0.1) is 0 Å². The molecule has 0 amide bonds. The van der Waals surface area contributed by atoms with Crippen LogP contribution >= 0.6 is 0 Å². The fourth-order valence-corrected chi connectivity index (χ4v) is 3.06. The van der Waals surface area contributed by atoms with Gasteiger partial charge in [-0.05, 0) is 33.7 Å². The summed E-state index contributed by atoms with van der Waals surface area (Å²) in [4.78, 5) is 13.9. The number of hydrogen-bond donors (Lipinski definition) is 1. The van der Waals surface area contributed by atoms with Gasteiger partial charge in [-0.2, -0.15) is 0 Å². The van der Waals surface area contributed by atoms with Crippen LogP contribution in [0.25, 0.3) is 0 Å². The number of hydrogen-bond acceptors (Lipinski definition) is 5. The molecule has 1 N–H and O–H groups in total. The van der Waals surface area contributed by atoms with Gasteiger partial charge in [0.25, 0.3) is 0 Å². The fraction of sp³-hybridized carbons (Fsp3) is 0.750. The number of nitrogens with zero attached hydrogens (tertiary/aromatic N) is 4. The molecule has 0 aliphatic carbocycles. The van der Waals surface area contributed by atoms with E-state index in [0.717, 1.165) is 31.3 Å². The van der Waals surface area contributed by atoms with Crippen LogP contribution < -0.4 is 10.2 Å². The molecule has 118 valence electrons. The Morgan fingerprint density at radius 2 is 1.86 bits per heavy atom. The van der Waals surface area contributed by atoms with Crippen LogP contribution in [0.1, 0.15) is 46.1 Å². The maximum atomic E-state index is 4.62. The third kappa shape index (κ3) is 3.28. The molecular weight excluding hydrogens is 262 g/mol. The molecule has 1 aromatic heterocycles. The monoisotopic (exact) mass is 291 g/mol. The van der Waals surface area contributed by atoms with Crippen molar-refractivity contribution in [1.82, 2.24) is 14.9 Å². The summed E-state index contributed by atoms with van der Waals surface area (Å²) in [5, 5.41) is 3.38. The molecule has 2 unspecified atom stereocenters. The van der Waals surface area contributed by atoms with E-state index in [1.54, 1.807) is 6.33 Å². The average molecular weight is 291 g/mol. The fourth-order valence-electron chi connectivity index (χ4n) is 3.06. The van der Waals surface area contributed by atoms with Crippen LogP contribution in [0.15, 0.2) is 6.33 Å². The molecule has 5 nitrogen and oxygen atoms in total. The van der Waals surface area contributed by atoms with Crippen molar-refractivity contribution in [3.05, 3.63) is 11.9 Å². The van der Waals surface area contributed by atoms with E-state index in [1.807, 2.05) is 0 Å². The van der Waals surface area contributed by atoms with Crippen LogP contribution in [0.5, 0.6) is 0 Å². The lowest BCUT2D eigenvalue weighted by Crippen LogP contribution is -2.55. The Balaban J connectivity index is 2.37. The van der Waals surface area contributed by atoms with Gasteiger partial charge in [0.1, 0.15) is 18.0 Å². The number of aromatic nitrogens is 2. The maximum Gasteiger partial charge on any atom is 0.137 e. The molecule has 2 rings (SSSR count). The van der Waals surface area contributed by atoms with Crippen molar-refractivity contribution in [2.75, 3.05) is 36.9 Å². The van der Waals surface area contributed by atoms with E-state index in [0.29, 0.717) is 18.0 Å². The highest BCUT2D eigenvalue weighted by Crippen LogP contribution is 2.32. The van der Waals surface area contributed by atoms with Gasteiger partial charge in [0.2, 0.25) is 0 Å². The van der Waals surface area contributed by atoms with Gasteiger partial charge in [-0.3, -0.25) is 4.90 Å². The van der Waals surface area contributed by atoms with Gasteiger partial charge in [0.15, 0.2) is 0 Å². The van der Waals surface area contributed by atoms with E-state index in [4.69, 9.17) is 0 Å². The van der Waals surface area contributed by atoms with Crippen molar-refractivity contribution in [3.63, 3.8) is 0 Å². The predicted octanol–water partition coefficient (Wildman–Crippen LogP) is 2.56. The Morgan fingerprint density at radius 1 is 1.24 bits per heavy atom. The largest absolute Gasteiger partial charge is 0.370 e. The first-order chi connectivity index (χ1) is 9.95. The van der Waals surface area contributed by atoms with E-state index >= 15 is 0 Å². The molecule has 1 aliphatic heterocycles. The van der Waals surface area contributed by atoms with Crippen LogP contribution in [-0.4, -0.2) is 53.6 Å². The van der Waals surface area contributed by atoms with Crippen molar-refractivity contribution >= 4 is 11.6 Å². The highest BCUT2D eigenvalue weighted by atomic mass is 15.3. The predicted molar refractivity (Wildman–Crippen MR) is 89.2 cm³/mol. The molecule has 1 aliphatic rings. The van der Waals surface area contributed by atoms with Gasteiger partial charge in [-0.25, -0.2) is 9.97 Å². The number of rotatable bonds is 4. The van der Waals surface area contributed by atoms with Crippen molar-refractivity contribution in [1.29, 1.82) is 0 Å². The van der Waals surface area contributed by atoms with Gasteiger partial charge in [-0.1, -0.05) is 13.8 Å². The Labute approximate surface area is 128 Å². The van der Waals surface area contributed by atoms with Gasteiger partial charge in [0, 0.05) is 37.3 Å². The van der Waals surface area contributed by atoms with Crippen LogP contribution in [-0.2, 0) is 0 Å². The molecule has 1 fully saturated rings. The van der Waals surface area contributed by atoms with Crippen molar-refractivity contribution in [2.24, 2.45) is 0 Å². The average Bonchev–Trinajstić information content (AvgIpc) is 2.44. The summed E-state index contributed by atoms with van der Waals surface area (Å²) in [6.07, 6.45) is 1.69. The quantitative estimate of drug-likeness (QED) is 0.923. The zero-order valence-electron chi connectivity index (χ0n) is 14.2. The third-order valence-corrected chi connectivity index (χ3v) is 4.44. The van der Waals surface area contributed by atoms with E-state index in [9.17, 15) is 0 Å². The van der Waals surface area contributed by atoms with Crippen LogP contribution in [0.2, 0.25) is 0 Å². The van der Waals surface area contributed by atoms with Crippen LogP contribution in [0.3, 0.4) is 0 Å². The Hall–Kier alpha value is -1.36. The minimum atomic E-state index is 0.403. The summed E-state index contributed by atoms with van der Waals surface area (Å²) in [7, 11) is 2.21. The number of likely N-dealkylation sites (N-methyl/N-ethyl adjacent to an activating group) is 1. The lowest BCUT2D eigenvalue weighted by atomic mass is 10.0. The van der Waals surface area contributed by atoms with Crippen molar-refractivity contribution in [3.8, 4) is 0 Å². The van der Waals surface area contributed by atoms with Crippen molar-refractivity contribution in [2.45, 2.75) is 52.6 Å². The first kappa shape index (κ1) is 16.0. The summed E-state index contributed by atoms with van der Waals surface area (Å²) in [5.41, 5.74) is 1.24. The Morgan fingerprint density at radius 3 is 2.38 bits per heavy atom. The SMILES string of the molecule is CCNc1ncnc(N2CC(C)N(C)C(C)C2)c1C(C)C. The van der Waals surface area contributed by atoms with Gasteiger partial charge < -0.3 is 10.2 Å². The van der Waals surface area contributed by atoms with Gasteiger partial charge in [-0.15, -0.1) is 0 Å². The van der Waals surface area contributed by atoms with E-state index in [-0.39, 0.29) is 0 Å². The highest BCUT2D eigenvalue weighted by Gasteiger charge is 2.29. The zero-order chi connectivity index (χ0) is 15.6. The Kier molecular flexibility index (Phi) is 5.04. The first-order valence-electron chi connectivity index (χ1n) is 8.01. The number of nitrogens with one attached hydrogen (secondary N) is 1.